The van der Waals surface area contributed by atoms with E-state index in [1.807, 2.05) is 0 Å². The van der Waals surface area contributed by atoms with Gasteiger partial charge in [-0.1, -0.05) is 4.68 Å². The zero-order valence-corrected chi connectivity index (χ0v) is 32.6. The fourth-order valence-corrected chi connectivity index (χ4v) is 4.09. The first-order valence-corrected chi connectivity index (χ1v) is 32.8. The van der Waals surface area contributed by atoms with E-state index in [9.17, 15) is 28.8 Å². The molecule has 0 saturated heterocycles. The number of halogens is 6. The number of hydrogen-bond acceptors (Lipinski definition) is 13. The van der Waals surface area contributed by atoms with Gasteiger partial charge < -0.3 is 28.4 Å². The maximum absolute atomic E-state index is 13.1. The van der Waals surface area contributed by atoms with Crippen LogP contribution in [0.3, 0.4) is 0 Å². The molecule has 1 aliphatic rings. The quantitative estimate of drug-likeness (QED) is 0.134. The van der Waals surface area contributed by atoms with Gasteiger partial charge in [0.15, 0.2) is 18.3 Å². The monoisotopic (exact) mass is 887 g/mol. The number of hydrogen-bond donors (Lipinski definition) is 0. The molecule has 46 heavy (non-hydrogen) atoms. The van der Waals surface area contributed by atoms with Gasteiger partial charge in [0.2, 0.25) is 6.10 Å². The Balaban J connectivity index is 0.00000135. The summed E-state index contributed by atoms with van der Waals surface area (Å²) in [4.78, 5) is 77.7. The molecule has 0 fully saturated rings. The number of esters is 5. The Morgan fingerprint density at radius 3 is 1.72 bits per heavy atom. The van der Waals surface area contributed by atoms with Gasteiger partial charge in [0.05, 0.1) is 13.0 Å². The molecule has 0 saturated carbocycles. The number of nitrogens with zero attached hydrogens (tertiary/aromatic N) is 3. The second-order valence-electron chi connectivity index (χ2n) is 9.56. The van der Waals surface area contributed by atoms with Crippen molar-refractivity contribution in [1.29, 1.82) is 0 Å². The van der Waals surface area contributed by atoms with Crippen molar-refractivity contribution in [1.82, 2.24) is 9.67 Å². The Labute approximate surface area is 284 Å². The minimum absolute atomic E-state index is 0.0182. The number of ether oxygens (including phenoxy) is 6. The second kappa shape index (κ2) is 16.8. The summed E-state index contributed by atoms with van der Waals surface area (Å²) in [6, 6.07) is 0. The predicted molar refractivity (Wildman–Crippen MR) is 166 cm³/mol. The van der Waals surface area contributed by atoms with E-state index in [2.05, 4.69) is 4.98 Å². The predicted octanol–water partition coefficient (Wildman–Crippen LogP) is 4.23. The van der Waals surface area contributed by atoms with Crippen molar-refractivity contribution in [3.8, 4) is 0 Å². The van der Waals surface area contributed by atoms with Crippen LogP contribution in [0.5, 0.6) is 0 Å². The summed E-state index contributed by atoms with van der Waals surface area (Å²) in [6.07, 6.45) is -5.41. The maximum atomic E-state index is 13.1. The van der Waals surface area contributed by atoms with Crippen molar-refractivity contribution < 1.29 is 61.9 Å². The SMILES string of the molecule is CCOC(=O)n1c([C@@H](OC(C)=O)[C@H](OC(C)=O)[C@H](OC(C)=O)[C@@H](COC(C)=O)OC(C)=O)nc2[n+]1CCCC2.[Cl][Sb-]([Cl])([Cl])([Cl])([Cl])[Cl]. The average Bonchev–Trinajstić information content (AvgIpc) is 3.24. The van der Waals surface area contributed by atoms with Crippen molar-refractivity contribution in [3.63, 3.8) is 0 Å². The van der Waals surface area contributed by atoms with E-state index in [4.69, 9.17) is 81.4 Å². The van der Waals surface area contributed by atoms with E-state index in [1.54, 1.807) is 11.6 Å². The molecule has 22 heteroatoms. The third-order valence-corrected chi connectivity index (χ3v) is 5.37. The molecule has 0 aliphatic carbocycles. The molecule has 1 aliphatic heterocycles. The van der Waals surface area contributed by atoms with E-state index in [-0.39, 0.29) is 12.4 Å². The molecule has 0 radical (unpaired) electrons. The molecule has 0 aromatic carbocycles. The summed E-state index contributed by atoms with van der Waals surface area (Å²) in [5.41, 5.74) is 0. The first-order chi connectivity index (χ1) is 20.8. The van der Waals surface area contributed by atoms with E-state index in [0.717, 1.165) is 52.1 Å². The summed E-state index contributed by atoms with van der Waals surface area (Å²) < 4.78 is 34.5. The number of fused-ring (bicyclic) bond motifs is 1. The Bertz CT molecular complexity index is 1310. The fourth-order valence-electron chi connectivity index (χ4n) is 4.09. The van der Waals surface area contributed by atoms with E-state index < -0.39 is 76.1 Å². The first-order valence-electron chi connectivity index (χ1n) is 13.4. The number of rotatable bonds is 11. The number of carbonyl (C=O) groups excluding carboxylic acids is 6. The van der Waals surface area contributed by atoms with Gasteiger partial charge in [-0.2, -0.15) is 0 Å². The van der Waals surface area contributed by atoms with Crippen LogP contribution >= 0.6 is 53.0 Å². The normalized spacial score (nSPS) is 16.6. The van der Waals surface area contributed by atoms with Crippen molar-refractivity contribution in [2.24, 2.45) is 0 Å². The van der Waals surface area contributed by atoms with Gasteiger partial charge >= 0.3 is 110 Å². The molecule has 1 aromatic rings. The van der Waals surface area contributed by atoms with Gasteiger partial charge in [0.25, 0.3) is 0 Å². The summed E-state index contributed by atoms with van der Waals surface area (Å²) in [7, 11) is 25.0. The van der Waals surface area contributed by atoms with Crippen LogP contribution < -0.4 is 4.68 Å². The molecule has 0 N–H and O–H groups in total. The molecule has 2 rings (SSSR count). The molecule has 4 atom stereocenters. The first kappa shape index (κ1) is 42.5. The van der Waals surface area contributed by atoms with E-state index >= 15 is 0 Å². The third kappa shape index (κ3) is 17.1. The summed E-state index contributed by atoms with van der Waals surface area (Å²) in [5.74, 6) is -3.92. The van der Waals surface area contributed by atoms with Crippen LogP contribution in [0, 0.1) is 0 Å². The molecule has 1 aromatic heterocycles. The molecule has 0 spiro atoms. The zero-order valence-electron chi connectivity index (χ0n) is 25.5. The van der Waals surface area contributed by atoms with Gasteiger partial charge in [-0.25, -0.2) is 4.79 Å². The summed E-state index contributed by atoms with van der Waals surface area (Å²) in [6.45, 7) is 6.75. The molecule has 0 amide bonds. The van der Waals surface area contributed by atoms with Crippen molar-refractivity contribution in [2.75, 3.05) is 13.2 Å². The summed E-state index contributed by atoms with van der Waals surface area (Å²) in [5, 5.41) is 0. The molecule has 0 bridgehead atoms. The Hall–Kier alpha value is -1.48. The van der Waals surface area contributed by atoms with Crippen LogP contribution in [-0.4, -0.2) is 86.3 Å². The van der Waals surface area contributed by atoms with Crippen LogP contribution in [0.1, 0.15) is 72.1 Å². The standard InChI is InChI=1S/C24H34N3O12.6ClH.Sb/c1-7-34-24(33)27-23(25-19-10-8-9-11-26(19)27)22(39-17(6)32)21(38-16(5)31)20(37-15(4)30)18(36-14(3)29)12-35-13(2)28;;;;;;;/h18,20-22H,7-12H2,1-6H3;6*1H;/q+1;;;;;;;+5/p-6/t18-,20-,21-,22+;;;;;;;/m1......./s1. The van der Waals surface area contributed by atoms with Gasteiger partial charge in [-0.05, 0) is 24.7 Å². The van der Waals surface area contributed by atoms with E-state index in [1.165, 1.54) is 0 Å². The van der Waals surface area contributed by atoms with Gasteiger partial charge in [-0.15, -0.1) is 4.68 Å². The Kier molecular flexibility index (Phi) is 15.5. The topological polar surface area (TPSA) is 180 Å². The van der Waals surface area contributed by atoms with Gasteiger partial charge in [0.1, 0.15) is 13.2 Å². The molecular weight excluding hydrogens is 857 g/mol. The Morgan fingerprint density at radius 1 is 0.761 bits per heavy atom. The van der Waals surface area contributed by atoms with Gasteiger partial charge in [0, 0.05) is 34.6 Å². The zero-order chi connectivity index (χ0) is 35.7. The van der Waals surface area contributed by atoms with Crippen LogP contribution in [0.4, 0.5) is 4.79 Å². The van der Waals surface area contributed by atoms with Crippen molar-refractivity contribution in [2.45, 2.75) is 91.8 Å². The molecule has 0 unspecified atom stereocenters. The minimum atomic E-state index is -5.42. The third-order valence-electron chi connectivity index (χ3n) is 5.37. The number of aryl methyl sites for hydroxylation is 1. The fraction of sp³-hybridized carbons (Fsp3) is 0.667. The van der Waals surface area contributed by atoms with Crippen molar-refractivity contribution in [3.05, 3.63) is 11.6 Å². The number of carbonyl (C=O) groups is 6. The summed E-state index contributed by atoms with van der Waals surface area (Å²) >= 11 is 0. The second-order valence-corrected chi connectivity index (χ2v) is 66.5. The van der Waals surface area contributed by atoms with Crippen LogP contribution in [0.2, 0.25) is 0 Å². The van der Waals surface area contributed by atoms with Gasteiger partial charge in [-0.3, -0.25) is 24.0 Å². The van der Waals surface area contributed by atoms with Crippen molar-refractivity contribution >= 4 is 98.1 Å². The molecule has 264 valence electrons. The molecular formula is C24H34Cl6N3O12Sb. The van der Waals surface area contributed by atoms with Crippen LogP contribution in [0.25, 0.3) is 0 Å². The Morgan fingerprint density at radius 2 is 1.26 bits per heavy atom. The molecule has 2 heterocycles. The van der Waals surface area contributed by atoms with Crippen LogP contribution in [-0.2, 0) is 65.4 Å². The average molecular weight is 891 g/mol. The molecule has 15 nitrogen and oxygen atoms in total. The number of aromatic nitrogens is 3. The van der Waals surface area contributed by atoms with Crippen LogP contribution in [0.15, 0.2) is 0 Å². The van der Waals surface area contributed by atoms with E-state index in [0.29, 0.717) is 18.8 Å².